The van der Waals surface area contributed by atoms with Gasteiger partial charge in [0.1, 0.15) is 48.8 Å². The largest absolute Gasteiger partial charge is 0.394 e. The summed E-state index contributed by atoms with van der Waals surface area (Å²) >= 11 is 0. The van der Waals surface area contributed by atoms with Gasteiger partial charge in [0.15, 0.2) is 12.6 Å². The third-order valence-corrected chi connectivity index (χ3v) is 10.6. The van der Waals surface area contributed by atoms with Gasteiger partial charge in [0, 0.05) is 6.42 Å². The van der Waals surface area contributed by atoms with Crippen LogP contribution in [0.25, 0.3) is 0 Å². The molecule has 2 fully saturated rings. The van der Waals surface area contributed by atoms with E-state index in [9.17, 15) is 45.6 Å². The van der Waals surface area contributed by atoms with Crippen molar-refractivity contribution in [1.82, 2.24) is 5.32 Å². The lowest BCUT2D eigenvalue weighted by Crippen LogP contribution is -2.65. The Bertz CT molecular complexity index is 1100. The number of nitrogens with one attached hydrogen (secondary N) is 1. The summed E-state index contributed by atoms with van der Waals surface area (Å²) in [5.74, 6) is -0.241. The molecule has 0 spiro atoms. The highest BCUT2D eigenvalue weighted by Gasteiger charge is 2.51. The summed E-state index contributed by atoms with van der Waals surface area (Å²) in [6.45, 7) is 2.65. The van der Waals surface area contributed by atoms with Gasteiger partial charge in [-0.05, 0) is 44.9 Å². The van der Waals surface area contributed by atoms with Crippen LogP contribution in [0.1, 0.15) is 136 Å². The number of rotatable bonds is 31. The van der Waals surface area contributed by atoms with Crippen molar-refractivity contribution in [2.45, 2.75) is 209 Å². The monoisotopic (exact) mass is 816 g/mol. The van der Waals surface area contributed by atoms with Crippen LogP contribution in [-0.2, 0) is 23.7 Å². The normalized spacial score (nSPS) is 29.4. The molecule has 57 heavy (non-hydrogen) atoms. The average Bonchev–Trinajstić information content (AvgIpc) is 3.21. The molecule has 0 aromatic carbocycles. The number of allylic oxidation sites excluding steroid dienone is 6. The fourth-order valence-corrected chi connectivity index (χ4v) is 7.01. The van der Waals surface area contributed by atoms with Crippen LogP contribution in [0.5, 0.6) is 0 Å². The number of carbonyl (C=O) groups excluding carboxylic acids is 1. The Morgan fingerprint density at radius 1 is 0.649 bits per heavy atom. The lowest BCUT2D eigenvalue weighted by atomic mass is 9.97. The summed E-state index contributed by atoms with van der Waals surface area (Å²) in [7, 11) is 0. The maximum absolute atomic E-state index is 13.1. The van der Waals surface area contributed by atoms with E-state index in [0.717, 1.165) is 64.2 Å². The molecule has 2 saturated heterocycles. The summed E-state index contributed by atoms with van der Waals surface area (Å²) in [4.78, 5) is 13.1. The van der Waals surface area contributed by atoms with E-state index in [4.69, 9.17) is 18.9 Å². The second-order valence-corrected chi connectivity index (χ2v) is 15.4. The zero-order chi connectivity index (χ0) is 41.8. The number of ether oxygens (including phenoxy) is 4. The molecule has 9 N–H and O–H groups in total. The molecule has 14 nitrogen and oxygen atoms in total. The minimum atomic E-state index is -1.78. The van der Waals surface area contributed by atoms with Gasteiger partial charge in [0.25, 0.3) is 0 Å². The fourth-order valence-electron chi connectivity index (χ4n) is 7.01. The number of hydrogen-bond donors (Lipinski definition) is 9. The van der Waals surface area contributed by atoms with Crippen LogP contribution in [0.2, 0.25) is 0 Å². The van der Waals surface area contributed by atoms with E-state index in [1.165, 1.54) is 38.5 Å². The van der Waals surface area contributed by atoms with E-state index in [0.29, 0.717) is 12.8 Å². The van der Waals surface area contributed by atoms with Gasteiger partial charge in [-0.25, -0.2) is 0 Å². The molecule has 2 rings (SSSR count). The first-order chi connectivity index (χ1) is 27.6. The summed E-state index contributed by atoms with van der Waals surface area (Å²) in [6.07, 6.45) is 14.6. The molecular formula is C43H77NO13. The topological polar surface area (TPSA) is 228 Å². The summed E-state index contributed by atoms with van der Waals surface area (Å²) in [5.41, 5.74) is 0. The minimum Gasteiger partial charge on any atom is -0.394 e. The SMILES string of the molecule is CC/C=C\C/C=C\C/C=C\CCCCCC(=O)NC(COC1OC(CO)C(OC2OC(CO)C(O)C(O)C2O)C(O)C1O)C(O)CCCCCCCCCCCC. The first-order valence-electron chi connectivity index (χ1n) is 21.7. The Morgan fingerprint density at radius 2 is 1.21 bits per heavy atom. The Morgan fingerprint density at radius 3 is 1.84 bits per heavy atom. The Hall–Kier alpha value is -1.79. The van der Waals surface area contributed by atoms with Crippen molar-refractivity contribution in [1.29, 1.82) is 0 Å². The molecule has 332 valence electrons. The molecule has 2 aliphatic heterocycles. The standard InChI is InChI=1S/C43H77NO13/c1-3-5-7-9-11-13-15-16-17-19-21-23-25-27-35(48)44-31(32(47)26-24-22-20-18-14-12-10-8-6-4-2)30-54-42-40(53)38(51)41(34(29-46)56-42)57-43-39(52)37(50)36(49)33(28-45)55-43/h5,7,11,13,16-17,31-34,36-43,45-47,49-53H,3-4,6,8-10,12,14-15,18-30H2,1-2H3,(H,44,48)/b7-5-,13-11-,17-16-. The van der Waals surface area contributed by atoms with Crippen LogP contribution in [0.15, 0.2) is 36.5 Å². The van der Waals surface area contributed by atoms with E-state index >= 15 is 0 Å². The van der Waals surface area contributed by atoms with Gasteiger partial charge in [-0.15, -0.1) is 0 Å². The molecule has 12 atom stereocenters. The van der Waals surface area contributed by atoms with Crippen LogP contribution >= 0.6 is 0 Å². The molecule has 0 radical (unpaired) electrons. The molecule has 12 unspecified atom stereocenters. The Kier molecular flexibility index (Phi) is 28.1. The second-order valence-electron chi connectivity index (χ2n) is 15.4. The van der Waals surface area contributed by atoms with Gasteiger partial charge < -0.3 is 65.1 Å². The maximum atomic E-state index is 13.1. The highest BCUT2D eigenvalue weighted by Crippen LogP contribution is 2.30. The first kappa shape index (κ1) is 51.4. The number of unbranched alkanes of at least 4 members (excludes halogenated alkanes) is 12. The number of amides is 1. The third-order valence-electron chi connectivity index (χ3n) is 10.6. The van der Waals surface area contributed by atoms with Crippen molar-refractivity contribution in [3.63, 3.8) is 0 Å². The van der Waals surface area contributed by atoms with Gasteiger partial charge in [-0.1, -0.05) is 121 Å². The lowest BCUT2D eigenvalue weighted by molar-refractivity contribution is -0.359. The van der Waals surface area contributed by atoms with Crippen molar-refractivity contribution in [2.75, 3.05) is 19.8 Å². The van der Waals surface area contributed by atoms with Crippen molar-refractivity contribution >= 4 is 5.91 Å². The summed E-state index contributed by atoms with van der Waals surface area (Å²) < 4.78 is 22.6. The Labute approximate surface area is 341 Å². The van der Waals surface area contributed by atoms with Crippen molar-refractivity contribution in [2.24, 2.45) is 0 Å². The molecule has 2 heterocycles. The zero-order valence-corrected chi connectivity index (χ0v) is 34.6. The van der Waals surface area contributed by atoms with Crippen molar-refractivity contribution < 1.29 is 64.6 Å². The van der Waals surface area contributed by atoms with Gasteiger partial charge in [-0.3, -0.25) is 4.79 Å². The summed E-state index contributed by atoms with van der Waals surface area (Å²) in [5, 5.41) is 86.4. The van der Waals surface area contributed by atoms with Gasteiger partial charge in [0.05, 0.1) is 32.0 Å². The van der Waals surface area contributed by atoms with Crippen LogP contribution < -0.4 is 5.32 Å². The van der Waals surface area contributed by atoms with E-state index in [-0.39, 0.29) is 18.9 Å². The molecule has 0 aromatic heterocycles. The zero-order valence-electron chi connectivity index (χ0n) is 34.6. The average molecular weight is 816 g/mol. The number of aliphatic hydroxyl groups is 8. The minimum absolute atomic E-state index is 0.241. The first-order valence-corrected chi connectivity index (χ1v) is 21.7. The van der Waals surface area contributed by atoms with Crippen molar-refractivity contribution in [3.8, 4) is 0 Å². The predicted molar refractivity (Wildman–Crippen MR) is 217 cm³/mol. The third kappa shape index (κ3) is 19.9. The molecular weight excluding hydrogens is 738 g/mol. The van der Waals surface area contributed by atoms with Gasteiger partial charge in [0.2, 0.25) is 5.91 Å². The van der Waals surface area contributed by atoms with E-state index < -0.39 is 86.8 Å². The van der Waals surface area contributed by atoms with Gasteiger partial charge in [-0.2, -0.15) is 0 Å². The molecule has 0 saturated carbocycles. The molecule has 0 aromatic rings. The Balaban J connectivity index is 1.92. The molecule has 2 aliphatic rings. The van der Waals surface area contributed by atoms with Crippen molar-refractivity contribution in [3.05, 3.63) is 36.5 Å². The summed E-state index contributed by atoms with van der Waals surface area (Å²) in [6, 6.07) is -0.840. The van der Waals surface area contributed by atoms with E-state index in [2.05, 4.69) is 55.6 Å². The molecule has 1 amide bonds. The molecule has 0 aliphatic carbocycles. The lowest BCUT2D eigenvalue weighted by Gasteiger charge is -2.46. The molecule has 14 heteroatoms. The van der Waals surface area contributed by atoms with E-state index in [1.807, 2.05) is 0 Å². The number of carbonyl (C=O) groups is 1. The number of aliphatic hydroxyl groups excluding tert-OH is 8. The fraction of sp³-hybridized carbons (Fsp3) is 0.837. The van der Waals surface area contributed by atoms with Crippen LogP contribution in [0, 0.1) is 0 Å². The highest BCUT2D eigenvalue weighted by molar-refractivity contribution is 5.76. The second kappa shape index (κ2) is 31.1. The van der Waals surface area contributed by atoms with Gasteiger partial charge >= 0.3 is 0 Å². The maximum Gasteiger partial charge on any atom is 0.220 e. The van der Waals surface area contributed by atoms with Crippen LogP contribution in [-0.4, -0.2) is 140 Å². The predicted octanol–water partition coefficient (Wildman–Crippen LogP) is 3.59. The van der Waals surface area contributed by atoms with E-state index in [1.54, 1.807) is 0 Å². The van der Waals surface area contributed by atoms with Crippen LogP contribution in [0.4, 0.5) is 0 Å². The molecule has 0 bridgehead atoms. The number of hydrogen-bond acceptors (Lipinski definition) is 13. The smallest absolute Gasteiger partial charge is 0.220 e. The quantitative estimate of drug-likeness (QED) is 0.0361. The highest BCUT2D eigenvalue weighted by atomic mass is 16.7. The van der Waals surface area contributed by atoms with Crippen LogP contribution in [0.3, 0.4) is 0 Å².